The number of hydrogen-bond donors (Lipinski definition) is 0. The molecule has 4 nitrogen and oxygen atoms in total. The van der Waals surface area contributed by atoms with Crippen LogP contribution in [0.15, 0.2) is 0 Å². The second kappa shape index (κ2) is 4.09. The fourth-order valence-electron chi connectivity index (χ4n) is 1.59. The van der Waals surface area contributed by atoms with Crippen LogP contribution in [0.4, 0.5) is 4.79 Å². The molecule has 1 amide bonds. The maximum absolute atomic E-state index is 11.7. The third-order valence-corrected chi connectivity index (χ3v) is 2.39. The summed E-state index contributed by atoms with van der Waals surface area (Å²) in [7, 11) is 0. The molecule has 1 rings (SSSR count). The van der Waals surface area contributed by atoms with E-state index in [1.165, 1.54) is 0 Å². The maximum Gasteiger partial charge on any atom is 0.410 e. The number of carbonyl (C=O) groups excluding carboxylic acids is 1. The first-order valence-corrected chi connectivity index (χ1v) is 5.18. The summed E-state index contributed by atoms with van der Waals surface area (Å²) in [6.07, 6.45) is -0.305. The Hall–Kier alpha value is -1.24. The van der Waals surface area contributed by atoms with Gasteiger partial charge in [-0.15, -0.1) is 0 Å². The van der Waals surface area contributed by atoms with Gasteiger partial charge in [-0.05, 0) is 20.8 Å². The molecule has 4 heteroatoms. The molecular weight excluding hydrogens is 192 g/mol. The predicted molar refractivity (Wildman–Crippen MR) is 57.4 cm³/mol. The van der Waals surface area contributed by atoms with E-state index in [-0.39, 0.29) is 18.1 Å². The Morgan fingerprint density at radius 1 is 1.47 bits per heavy atom. The second-order valence-corrected chi connectivity index (χ2v) is 5.06. The van der Waals surface area contributed by atoms with Crippen molar-refractivity contribution >= 4 is 6.09 Å². The SMILES string of the molecule is [C-]#[N+][C@@H]1CN(C(=O)OC(C)(C)C)C[C@H]1C. The normalized spacial score (nSPS) is 26.2. The van der Waals surface area contributed by atoms with Gasteiger partial charge in [0, 0.05) is 6.54 Å². The number of hydrogen-bond acceptors (Lipinski definition) is 2. The molecule has 0 saturated carbocycles. The van der Waals surface area contributed by atoms with E-state index in [1.807, 2.05) is 27.7 Å². The largest absolute Gasteiger partial charge is 0.444 e. The zero-order valence-electron chi connectivity index (χ0n) is 9.78. The van der Waals surface area contributed by atoms with Crippen LogP contribution in [-0.2, 0) is 4.74 Å². The summed E-state index contributed by atoms with van der Waals surface area (Å²) in [5, 5.41) is 0. The highest BCUT2D eigenvalue weighted by atomic mass is 16.6. The molecule has 1 aliphatic rings. The van der Waals surface area contributed by atoms with Crippen LogP contribution in [-0.4, -0.2) is 35.7 Å². The smallest absolute Gasteiger partial charge is 0.410 e. The van der Waals surface area contributed by atoms with Gasteiger partial charge in [-0.25, -0.2) is 11.4 Å². The molecule has 0 aromatic heterocycles. The molecule has 0 N–H and O–H groups in total. The van der Waals surface area contributed by atoms with Crippen LogP contribution in [0.5, 0.6) is 0 Å². The van der Waals surface area contributed by atoms with Crippen molar-refractivity contribution in [3.63, 3.8) is 0 Å². The zero-order chi connectivity index (χ0) is 11.6. The number of likely N-dealkylation sites (tertiary alicyclic amines) is 1. The fraction of sp³-hybridized carbons (Fsp3) is 0.818. The standard InChI is InChI=1S/C11H18N2O2/c1-8-6-13(7-9(8)12-5)10(14)15-11(2,3)4/h8-9H,6-7H2,1-4H3/t8-,9-/m1/s1. The summed E-state index contributed by atoms with van der Waals surface area (Å²) in [6, 6.07) is -0.0717. The highest BCUT2D eigenvalue weighted by molar-refractivity contribution is 5.68. The Morgan fingerprint density at radius 2 is 2.07 bits per heavy atom. The van der Waals surface area contributed by atoms with E-state index in [0.29, 0.717) is 13.1 Å². The lowest BCUT2D eigenvalue weighted by Gasteiger charge is -2.23. The van der Waals surface area contributed by atoms with Gasteiger partial charge in [-0.3, -0.25) is 4.90 Å². The van der Waals surface area contributed by atoms with E-state index in [4.69, 9.17) is 11.3 Å². The minimum absolute atomic E-state index is 0.0717. The first-order valence-electron chi connectivity index (χ1n) is 5.18. The maximum atomic E-state index is 11.7. The van der Waals surface area contributed by atoms with Crippen LogP contribution in [0.2, 0.25) is 0 Å². The van der Waals surface area contributed by atoms with Crippen molar-refractivity contribution in [2.24, 2.45) is 5.92 Å². The van der Waals surface area contributed by atoms with Crippen molar-refractivity contribution in [2.45, 2.75) is 39.3 Å². The molecule has 1 heterocycles. The van der Waals surface area contributed by atoms with Crippen molar-refractivity contribution in [2.75, 3.05) is 13.1 Å². The third-order valence-electron chi connectivity index (χ3n) is 2.39. The van der Waals surface area contributed by atoms with E-state index in [1.54, 1.807) is 4.90 Å². The number of ether oxygens (including phenoxy) is 1. The van der Waals surface area contributed by atoms with Crippen LogP contribution < -0.4 is 0 Å². The van der Waals surface area contributed by atoms with Crippen molar-refractivity contribution in [3.8, 4) is 0 Å². The van der Waals surface area contributed by atoms with Crippen LogP contribution >= 0.6 is 0 Å². The van der Waals surface area contributed by atoms with Gasteiger partial charge in [-0.1, -0.05) is 6.92 Å². The predicted octanol–water partition coefficient (Wildman–Crippen LogP) is 2.16. The van der Waals surface area contributed by atoms with Crippen LogP contribution in [0.3, 0.4) is 0 Å². The molecular formula is C11H18N2O2. The Labute approximate surface area is 91.0 Å². The minimum Gasteiger partial charge on any atom is -0.444 e. The third kappa shape index (κ3) is 3.12. The van der Waals surface area contributed by atoms with Gasteiger partial charge < -0.3 is 9.58 Å². The summed E-state index contributed by atoms with van der Waals surface area (Å²) >= 11 is 0. The Bertz CT molecular complexity index is 288. The molecule has 1 saturated heterocycles. The van der Waals surface area contributed by atoms with Gasteiger partial charge in [0.05, 0.1) is 12.5 Å². The van der Waals surface area contributed by atoms with Gasteiger partial charge in [0.15, 0.2) is 0 Å². The van der Waals surface area contributed by atoms with E-state index in [9.17, 15) is 4.79 Å². The van der Waals surface area contributed by atoms with Crippen molar-refractivity contribution in [1.29, 1.82) is 0 Å². The summed E-state index contributed by atoms with van der Waals surface area (Å²) in [6.45, 7) is 15.6. The molecule has 0 radical (unpaired) electrons. The molecule has 0 aromatic carbocycles. The molecule has 0 aromatic rings. The molecule has 2 atom stereocenters. The molecule has 0 spiro atoms. The quantitative estimate of drug-likeness (QED) is 0.574. The number of carbonyl (C=O) groups is 1. The van der Waals surface area contributed by atoms with Crippen LogP contribution in [0, 0.1) is 12.5 Å². The Kier molecular flexibility index (Phi) is 3.23. The lowest BCUT2D eigenvalue weighted by Crippen LogP contribution is -2.35. The number of rotatable bonds is 0. The summed E-state index contributed by atoms with van der Waals surface area (Å²) < 4.78 is 5.25. The van der Waals surface area contributed by atoms with Gasteiger partial charge in [0.25, 0.3) is 0 Å². The zero-order valence-corrected chi connectivity index (χ0v) is 9.78. The number of amides is 1. The lowest BCUT2D eigenvalue weighted by molar-refractivity contribution is 0.0289. The molecule has 0 aliphatic carbocycles. The fourth-order valence-corrected chi connectivity index (χ4v) is 1.59. The van der Waals surface area contributed by atoms with Gasteiger partial charge in [-0.2, -0.15) is 0 Å². The molecule has 1 aliphatic heterocycles. The van der Waals surface area contributed by atoms with Crippen LogP contribution in [0.1, 0.15) is 27.7 Å². The van der Waals surface area contributed by atoms with Gasteiger partial charge in [0.1, 0.15) is 5.60 Å². The topological polar surface area (TPSA) is 33.9 Å². The summed E-state index contributed by atoms with van der Waals surface area (Å²) in [5.41, 5.74) is -0.462. The Balaban J connectivity index is 2.54. The summed E-state index contributed by atoms with van der Waals surface area (Å²) in [5.74, 6) is 0.245. The first kappa shape index (κ1) is 11.8. The molecule has 84 valence electrons. The molecule has 0 unspecified atom stereocenters. The van der Waals surface area contributed by atoms with E-state index in [0.717, 1.165) is 0 Å². The number of nitrogens with zero attached hydrogens (tertiary/aromatic N) is 2. The molecule has 15 heavy (non-hydrogen) atoms. The highest BCUT2D eigenvalue weighted by Gasteiger charge is 2.38. The minimum atomic E-state index is -0.462. The Morgan fingerprint density at radius 3 is 2.47 bits per heavy atom. The highest BCUT2D eigenvalue weighted by Crippen LogP contribution is 2.21. The average molecular weight is 210 g/mol. The van der Waals surface area contributed by atoms with E-state index in [2.05, 4.69) is 4.85 Å². The average Bonchev–Trinajstić information content (AvgIpc) is 2.43. The second-order valence-electron chi connectivity index (χ2n) is 5.06. The van der Waals surface area contributed by atoms with Crippen molar-refractivity contribution in [1.82, 2.24) is 4.90 Å². The molecule has 1 fully saturated rings. The van der Waals surface area contributed by atoms with Crippen LogP contribution in [0.25, 0.3) is 4.85 Å². The van der Waals surface area contributed by atoms with Gasteiger partial charge >= 0.3 is 6.09 Å². The first-order chi connectivity index (χ1) is 6.83. The van der Waals surface area contributed by atoms with Crippen molar-refractivity contribution < 1.29 is 9.53 Å². The molecule has 0 bridgehead atoms. The van der Waals surface area contributed by atoms with E-state index < -0.39 is 5.60 Å². The van der Waals surface area contributed by atoms with Gasteiger partial charge in [0.2, 0.25) is 6.04 Å². The lowest BCUT2D eigenvalue weighted by atomic mass is 10.1. The van der Waals surface area contributed by atoms with Crippen molar-refractivity contribution in [3.05, 3.63) is 11.4 Å². The monoisotopic (exact) mass is 210 g/mol. The van der Waals surface area contributed by atoms with E-state index >= 15 is 0 Å². The summed E-state index contributed by atoms with van der Waals surface area (Å²) in [4.78, 5) is 16.8.